The summed E-state index contributed by atoms with van der Waals surface area (Å²) in [6, 6.07) is 0. The first kappa shape index (κ1) is 15.4. The van der Waals surface area contributed by atoms with Crippen molar-refractivity contribution < 1.29 is 76.8 Å². The number of imide groups is 1. The Morgan fingerprint density at radius 2 is 1.50 bits per heavy atom. The van der Waals surface area contributed by atoms with Crippen LogP contribution < -0.4 is 51.4 Å². The largest absolute Gasteiger partial charge is 1.00 e. The smallest absolute Gasteiger partial charge is 1.00 e. The average Bonchev–Trinajstić information content (AvgIpc) is 1.54. The van der Waals surface area contributed by atoms with Gasteiger partial charge in [0.1, 0.15) is 0 Å². The Kier molecular flexibility index (Phi) is 7.20. The first-order valence-corrected chi connectivity index (χ1v) is 4.20. The van der Waals surface area contributed by atoms with Gasteiger partial charge in [-0.05, 0) is 0 Å². The first-order valence-electron chi connectivity index (χ1n) is 2.64. The van der Waals surface area contributed by atoms with Gasteiger partial charge in [0, 0.05) is 13.8 Å². The van der Waals surface area contributed by atoms with E-state index >= 15 is 0 Å². The molecule has 8 heteroatoms. The molecule has 0 radical (unpaired) electrons. The Labute approximate surface area is 113 Å². The van der Waals surface area contributed by atoms with Crippen molar-refractivity contribution in [3.8, 4) is 0 Å². The monoisotopic (exact) mass is 221 g/mol. The molecule has 0 fully saturated rings. The van der Waals surface area contributed by atoms with Crippen molar-refractivity contribution in [2.24, 2.45) is 0 Å². The predicted molar refractivity (Wildman–Crippen MR) is 36.4 cm³/mol. The van der Waals surface area contributed by atoms with Gasteiger partial charge < -0.3 is 11.2 Å². The maximum absolute atomic E-state index is 10.4. The third-order valence-corrected chi connectivity index (χ3v) is 1.94. The van der Waals surface area contributed by atoms with Crippen LogP contribution in [-0.2, 0) is 14.2 Å². The van der Waals surface area contributed by atoms with Gasteiger partial charge in [-0.1, -0.05) is 0 Å². The van der Waals surface area contributed by atoms with Gasteiger partial charge in [0.25, 0.3) is 0 Å². The zero-order chi connectivity index (χ0) is 9.23. The minimum Gasteiger partial charge on any atom is -1.00 e. The third-order valence-electron chi connectivity index (χ3n) is 0.857. The van der Waals surface area contributed by atoms with E-state index in [0.717, 1.165) is 13.8 Å². The van der Waals surface area contributed by atoms with Crippen LogP contribution in [0.1, 0.15) is 15.3 Å². The molecule has 0 aromatic heterocycles. The number of carbonyl (C=O) groups excluding carboxylic acids is 2. The van der Waals surface area contributed by atoms with Gasteiger partial charge in [0.05, 0.1) is 0 Å². The molecule has 0 aromatic rings. The molecular formula is C4H9KNO5P. The minimum absolute atomic E-state index is 0. The van der Waals surface area contributed by atoms with Crippen LogP contribution >= 0.6 is 7.75 Å². The minimum atomic E-state index is -4.75. The van der Waals surface area contributed by atoms with Gasteiger partial charge in [-0.25, -0.2) is 4.57 Å². The molecule has 66 valence electrons. The molecule has 0 rings (SSSR count). The van der Waals surface area contributed by atoms with Gasteiger partial charge in [-0.15, -0.1) is 0 Å². The molecular weight excluding hydrogens is 212 g/mol. The summed E-state index contributed by atoms with van der Waals surface area (Å²) in [5.74, 6) is -1.93. The maximum Gasteiger partial charge on any atom is 1.00 e. The number of hydrogen-bond donors (Lipinski definition) is 2. The van der Waals surface area contributed by atoms with E-state index in [4.69, 9.17) is 9.79 Å². The number of rotatable bonds is 1. The summed E-state index contributed by atoms with van der Waals surface area (Å²) in [7, 11) is -4.75. The fraction of sp³-hybridized carbons (Fsp3) is 0.500. The van der Waals surface area contributed by atoms with Gasteiger partial charge in [0.2, 0.25) is 11.8 Å². The van der Waals surface area contributed by atoms with Crippen molar-refractivity contribution in [3.63, 3.8) is 0 Å². The Bertz CT molecular complexity index is 227. The van der Waals surface area contributed by atoms with Crippen molar-refractivity contribution in [1.29, 1.82) is 0 Å². The van der Waals surface area contributed by atoms with E-state index < -0.39 is 19.6 Å². The van der Waals surface area contributed by atoms with Crippen molar-refractivity contribution in [2.45, 2.75) is 13.8 Å². The molecule has 0 spiro atoms. The fourth-order valence-corrected chi connectivity index (χ4v) is 1.32. The predicted octanol–water partition coefficient (Wildman–Crippen LogP) is -3.41. The van der Waals surface area contributed by atoms with E-state index in [-0.39, 0.29) is 57.5 Å². The zero-order valence-electron chi connectivity index (χ0n) is 8.01. The van der Waals surface area contributed by atoms with Crippen LogP contribution in [0.5, 0.6) is 0 Å². The first-order chi connectivity index (χ1) is 4.76. The van der Waals surface area contributed by atoms with Crippen LogP contribution in [0.4, 0.5) is 0 Å². The molecule has 0 aliphatic rings. The average molecular weight is 221 g/mol. The second kappa shape index (κ2) is 5.61. The number of hydrogen-bond acceptors (Lipinski definition) is 3. The van der Waals surface area contributed by atoms with E-state index in [1.165, 1.54) is 0 Å². The quantitative estimate of drug-likeness (QED) is 0.355. The maximum atomic E-state index is 10.4. The van der Waals surface area contributed by atoms with Crippen molar-refractivity contribution in [2.75, 3.05) is 0 Å². The molecule has 0 saturated heterocycles. The molecule has 0 bridgehead atoms. The summed E-state index contributed by atoms with van der Waals surface area (Å²) in [5, 5.41) is 0. The molecule has 2 N–H and O–H groups in total. The Balaban J connectivity index is -0.000000500. The van der Waals surface area contributed by atoms with E-state index in [0.29, 0.717) is 0 Å². The van der Waals surface area contributed by atoms with Crippen molar-refractivity contribution in [3.05, 3.63) is 0 Å². The Morgan fingerprint density at radius 3 is 1.50 bits per heavy atom. The van der Waals surface area contributed by atoms with Gasteiger partial charge >= 0.3 is 59.1 Å². The standard InChI is InChI=1S/C4H8NO5P.K.H/c1-3(6)5(4(2)7)11(8,9)10;;/h1-2H3,(H2,8,9,10);;/q;+1;-1. The number of nitrogens with zero attached hydrogens (tertiary/aromatic N) is 1. The van der Waals surface area contributed by atoms with Crippen LogP contribution in [-0.4, -0.2) is 26.3 Å². The molecule has 0 heterocycles. The molecule has 0 aromatic carbocycles. The third kappa shape index (κ3) is 4.83. The van der Waals surface area contributed by atoms with Crippen LogP contribution in [0, 0.1) is 0 Å². The number of carbonyl (C=O) groups is 2. The van der Waals surface area contributed by atoms with Crippen LogP contribution in [0.2, 0.25) is 0 Å². The van der Waals surface area contributed by atoms with Crippen LogP contribution in [0.15, 0.2) is 0 Å². The van der Waals surface area contributed by atoms with Crippen molar-refractivity contribution in [1.82, 2.24) is 4.67 Å². The molecule has 0 aliphatic heterocycles. The molecule has 0 unspecified atom stereocenters. The van der Waals surface area contributed by atoms with E-state index in [9.17, 15) is 14.2 Å². The number of amides is 2. The molecule has 6 nitrogen and oxygen atoms in total. The summed E-state index contributed by atoms with van der Waals surface area (Å²) in [5.41, 5.74) is 0. The topological polar surface area (TPSA) is 94.9 Å². The van der Waals surface area contributed by atoms with Gasteiger partial charge in [-0.2, -0.15) is 4.67 Å². The summed E-state index contributed by atoms with van der Waals surface area (Å²) >= 11 is 0. The Morgan fingerprint density at radius 1 is 1.25 bits per heavy atom. The normalized spacial score (nSPS) is 10.0. The zero-order valence-corrected chi connectivity index (χ0v) is 11.0. The summed E-state index contributed by atoms with van der Waals surface area (Å²) in [6.45, 7) is 1.81. The van der Waals surface area contributed by atoms with Crippen LogP contribution in [0.25, 0.3) is 0 Å². The van der Waals surface area contributed by atoms with Crippen LogP contribution in [0.3, 0.4) is 0 Å². The van der Waals surface area contributed by atoms with Crippen molar-refractivity contribution >= 4 is 19.6 Å². The fourth-order valence-electron chi connectivity index (χ4n) is 0.589. The van der Waals surface area contributed by atoms with Gasteiger partial charge in [-0.3, -0.25) is 9.59 Å². The van der Waals surface area contributed by atoms with E-state index in [1.54, 1.807) is 0 Å². The van der Waals surface area contributed by atoms with E-state index in [2.05, 4.69) is 0 Å². The van der Waals surface area contributed by atoms with E-state index in [1.807, 2.05) is 0 Å². The summed E-state index contributed by atoms with van der Waals surface area (Å²) in [6.07, 6.45) is 0. The molecule has 0 aliphatic carbocycles. The summed E-state index contributed by atoms with van der Waals surface area (Å²) < 4.78 is 10.3. The second-order valence-electron chi connectivity index (χ2n) is 1.86. The SMILES string of the molecule is CC(=O)N(C(C)=O)P(=O)(O)O.[H-].[K+]. The molecule has 0 saturated carbocycles. The Hall–Kier alpha value is 0.926. The van der Waals surface area contributed by atoms with Gasteiger partial charge in [0.15, 0.2) is 0 Å². The molecule has 12 heavy (non-hydrogen) atoms. The summed E-state index contributed by atoms with van der Waals surface area (Å²) in [4.78, 5) is 37.7. The molecule has 0 atom stereocenters. The molecule has 2 amide bonds. The second-order valence-corrected chi connectivity index (χ2v) is 3.29.